The Morgan fingerprint density at radius 1 is 0.857 bits per heavy atom. The first kappa shape index (κ1) is 30.5. The minimum Gasteiger partial charge on any atom is -0.192 e. The minimum atomic E-state index is 0.632. The maximum Gasteiger partial charge on any atom is 0.0998 e. The summed E-state index contributed by atoms with van der Waals surface area (Å²) in [6, 6.07) is 21.7. The molecule has 0 saturated carbocycles. The van der Waals surface area contributed by atoms with Crippen LogP contribution in [0.1, 0.15) is 73.2 Å². The molecule has 0 spiro atoms. The topological polar surface area (TPSA) is 47.6 Å². The number of rotatable bonds is 8. The van der Waals surface area contributed by atoms with E-state index < -0.39 is 0 Å². The lowest BCUT2D eigenvalue weighted by Gasteiger charge is -2.13. The molecule has 3 aromatic rings. The van der Waals surface area contributed by atoms with Crippen LogP contribution >= 0.6 is 11.3 Å². The minimum absolute atomic E-state index is 0.632. The van der Waals surface area contributed by atoms with E-state index in [-0.39, 0.29) is 0 Å². The third-order valence-electron chi connectivity index (χ3n) is 7.73. The standard InChI is InChI=1S/C39H38N2S/c1-7-31-23-37(34(24-40)20-28(4)8-13-29(5)32-14-9-26(2)10-15-32)30(6)21-38(31)35(25-41)22-36-18-19-39(42-36)33-16-11-27(3)12-17-33/h8-9,11-14,16-23H,7,10,15H2,1-6H3/b28-8+,29-13+,34-20+,35-22+. The summed E-state index contributed by atoms with van der Waals surface area (Å²) in [4.78, 5) is 2.23. The molecule has 42 heavy (non-hydrogen) atoms. The zero-order chi connectivity index (χ0) is 30.2. The normalized spacial score (nSPS) is 14.7. The SMILES string of the molecule is CCc1cc(/C(C#N)=C/C(C)=C/C=C(\C)C2=CC=C(C)CC2)c(C)cc1/C(C#N)=C/c1ccc(-c2ccc(C)cc2)s1. The number of hydrogen-bond donors (Lipinski definition) is 0. The Balaban J connectivity index is 1.64. The van der Waals surface area contributed by atoms with Crippen molar-refractivity contribution in [3.8, 4) is 22.6 Å². The Morgan fingerprint density at radius 2 is 1.60 bits per heavy atom. The van der Waals surface area contributed by atoms with E-state index in [2.05, 4.69) is 113 Å². The van der Waals surface area contributed by atoms with Gasteiger partial charge in [-0.3, -0.25) is 0 Å². The largest absolute Gasteiger partial charge is 0.192 e. The van der Waals surface area contributed by atoms with Crippen LogP contribution in [0.2, 0.25) is 0 Å². The van der Waals surface area contributed by atoms with E-state index in [1.807, 2.05) is 26.0 Å². The molecular weight excluding hydrogens is 529 g/mol. The lowest BCUT2D eigenvalue weighted by molar-refractivity contribution is 0.912. The van der Waals surface area contributed by atoms with Crippen LogP contribution < -0.4 is 0 Å². The van der Waals surface area contributed by atoms with Gasteiger partial charge in [-0.25, -0.2) is 0 Å². The second-order valence-corrected chi connectivity index (χ2v) is 12.2. The molecule has 1 aliphatic carbocycles. The van der Waals surface area contributed by atoms with Crippen molar-refractivity contribution in [2.75, 3.05) is 0 Å². The molecule has 0 atom stereocenters. The molecule has 1 heterocycles. The van der Waals surface area contributed by atoms with Crippen molar-refractivity contribution in [2.24, 2.45) is 0 Å². The van der Waals surface area contributed by atoms with Gasteiger partial charge in [-0.2, -0.15) is 10.5 Å². The van der Waals surface area contributed by atoms with Crippen molar-refractivity contribution in [1.82, 2.24) is 0 Å². The number of allylic oxidation sites excluding steroid dienone is 11. The molecular formula is C39H38N2S. The van der Waals surface area contributed by atoms with E-state index in [1.165, 1.54) is 32.7 Å². The van der Waals surface area contributed by atoms with Gasteiger partial charge in [0.25, 0.3) is 0 Å². The van der Waals surface area contributed by atoms with Gasteiger partial charge in [0.15, 0.2) is 0 Å². The van der Waals surface area contributed by atoms with E-state index in [9.17, 15) is 10.5 Å². The van der Waals surface area contributed by atoms with Crippen molar-refractivity contribution < 1.29 is 0 Å². The number of benzene rings is 2. The fraction of sp³-hybridized carbons (Fsp3) is 0.231. The van der Waals surface area contributed by atoms with Gasteiger partial charge in [0.2, 0.25) is 0 Å². The Hall–Kier alpha value is -4.44. The first-order valence-electron chi connectivity index (χ1n) is 14.5. The summed E-state index contributed by atoms with van der Waals surface area (Å²) in [5.41, 5.74) is 12.6. The van der Waals surface area contributed by atoms with Crippen LogP contribution in [0.5, 0.6) is 0 Å². The van der Waals surface area contributed by atoms with E-state index in [4.69, 9.17) is 0 Å². The van der Waals surface area contributed by atoms with Crippen molar-refractivity contribution in [3.63, 3.8) is 0 Å². The molecule has 0 saturated heterocycles. The molecule has 0 fully saturated rings. The number of thiophene rings is 1. The molecule has 0 unspecified atom stereocenters. The van der Waals surface area contributed by atoms with Crippen LogP contribution in [0, 0.1) is 36.5 Å². The van der Waals surface area contributed by atoms with Crippen LogP contribution in [0.3, 0.4) is 0 Å². The van der Waals surface area contributed by atoms with Crippen molar-refractivity contribution in [1.29, 1.82) is 10.5 Å². The van der Waals surface area contributed by atoms with E-state index in [0.29, 0.717) is 11.1 Å². The van der Waals surface area contributed by atoms with E-state index in [1.54, 1.807) is 11.3 Å². The average Bonchev–Trinajstić information content (AvgIpc) is 3.46. The smallest absolute Gasteiger partial charge is 0.0998 e. The van der Waals surface area contributed by atoms with Gasteiger partial charge in [0.05, 0.1) is 23.3 Å². The van der Waals surface area contributed by atoms with Crippen molar-refractivity contribution in [3.05, 3.63) is 134 Å². The highest BCUT2D eigenvalue weighted by Gasteiger charge is 2.14. The summed E-state index contributed by atoms with van der Waals surface area (Å²) < 4.78 is 0. The Kier molecular flexibility index (Phi) is 10.1. The molecule has 0 N–H and O–H groups in total. The van der Waals surface area contributed by atoms with Gasteiger partial charge in [0, 0.05) is 9.75 Å². The molecule has 0 aliphatic heterocycles. The molecule has 1 aliphatic rings. The molecule has 1 aromatic heterocycles. The summed E-state index contributed by atoms with van der Waals surface area (Å²) in [5, 5.41) is 20.3. The fourth-order valence-corrected chi connectivity index (χ4v) is 6.04. The van der Waals surface area contributed by atoms with Gasteiger partial charge in [-0.1, -0.05) is 66.6 Å². The lowest BCUT2D eigenvalue weighted by Crippen LogP contribution is -1.98. The average molecular weight is 567 g/mol. The Morgan fingerprint density at radius 3 is 2.24 bits per heavy atom. The van der Waals surface area contributed by atoms with Gasteiger partial charge in [-0.05, 0) is 135 Å². The van der Waals surface area contributed by atoms with Gasteiger partial charge >= 0.3 is 0 Å². The summed E-state index contributed by atoms with van der Waals surface area (Å²) in [7, 11) is 0. The molecule has 2 aromatic carbocycles. The van der Waals surface area contributed by atoms with Gasteiger partial charge in [-0.15, -0.1) is 11.3 Å². The highest BCUT2D eigenvalue weighted by molar-refractivity contribution is 7.16. The van der Waals surface area contributed by atoms with Gasteiger partial charge < -0.3 is 0 Å². The van der Waals surface area contributed by atoms with Crippen LogP contribution in [0.15, 0.2) is 101 Å². The molecule has 0 amide bonds. The second-order valence-electron chi connectivity index (χ2n) is 11.1. The molecule has 0 bridgehead atoms. The monoisotopic (exact) mass is 566 g/mol. The molecule has 4 rings (SSSR count). The van der Waals surface area contributed by atoms with Crippen LogP contribution in [-0.2, 0) is 6.42 Å². The predicted molar refractivity (Wildman–Crippen MR) is 181 cm³/mol. The van der Waals surface area contributed by atoms with Crippen LogP contribution in [0.25, 0.3) is 27.7 Å². The molecule has 3 heteroatoms. The molecule has 0 radical (unpaired) electrons. The fourth-order valence-electron chi connectivity index (χ4n) is 5.08. The summed E-state index contributed by atoms with van der Waals surface area (Å²) in [5.74, 6) is 0. The van der Waals surface area contributed by atoms with E-state index >= 15 is 0 Å². The number of hydrogen-bond acceptors (Lipinski definition) is 3. The quantitative estimate of drug-likeness (QED) is 0.201. The zero-order valence-electron chi connectivity index (χ0n) is 25.5. The maximum absolute atomic E-state index is 10.2. The van der Waals surface area contributed by atoms with Crippen molar-refractivity contribution >= 4 is 28.6 Å². The highest BCUT2D eigenvalue weighted by Crippen LogP contribution is 2.33. The van der Waals surface area contributed by atoms with Crippen molar-refractivity contribution in [2.45, 2.75) is 60.8 Å². The third-order valence-corrected chi connectivity index (χ3v) is 8.82. The van der Waals surface area contributed by atoms with Gasteiger partial charge in [0.1, 0.15) is 0 Å². The summed E-state index contributed by atoms with van der Waals surface area (Å²) in [6.07, 6.45) is 15.5. The number of nitrogens with zero attached hydrogens (tertiary/aromatic N) is 2. The van der Waals surface area contributed by atoms with E-state index in [0.717, 1.165) is 52.0 Å². The van der Waals surface area contributed by atoms with Crippen LogP contribution in [0.4, 0.5) is 0 Å². The first-order valence-corrected chi connectivity index (χ1v) is 15.3. The summed E-state index contributed by atoms with van der Waals surface area (Å²) >= 11 is 1.69. The Labute approximate surface area is 255 Å². The molecule has 2 nitrogen and oxygen atoms in total. The Bertz CT molecular complexity index is 1750. The van der Waals surface area contributed by atoms with Crippen LogP contribution in [-0.4, -0.2) is 0 Å². The third kappa shape index (κ3) is 7.44. The highest BCUT2D eigenvalue weighted by atomic mass is 32.1. The zero-order valence-corrected chi connectivity index (χ0v) is 26.3. The lowest BCUT2D eigenvalue weighted by atomic mass is 9.90. The number of aryl methyl sites for hydroxylation is 3. The predicted octanol–water partition coefficient (Wildman–Crippen LogP) is 11.1. The molecule has 210 valence electrons. The summed E-state index contributed by atoms with van der Waals surface area (Å²) in [6.45, 7) is 12.6. The first-order chi connectivity index (χ1) is 20.2. The maximum atomic E-state index is 10.2. The number of nitriles is 2. The second kappa shape index (κ2) is 14.0.